The normalized spacial score (nSPS) is 11.7. The van der Waals surface area contributed by atoms with E-state index in [2.05, 4.69) is 4.74 Å². The van der Waals surface area contributed by atoms with E-state index in [9.17, 15) is 9.59 Å². The Morgan fingerprint density at radius 1 is 1.35 bits per heavy atom. The Labute approximate surface area is 103 Å². The Balaban J connectivity index is 2.71. The first kappa shape index (κ1) is 13.5. The molecule has 0 fully saturated rings. The van der Waals surface area contributed by atoms with E-state index in [0.29, 0.717) is 11.3 Å². The minimum Gasteiger partial charge on any atom is -0.497 e. The fraction of sp³-hybridized carbons (Fsp3) is 0.273. The van der Waals surface area contributed by atoms with Crippen LogP contribution in [0.1, 0.15) is 11.6 Å². The van der Waals surface area contributed by atoms with Crippen LogP contribution >= 0.6 is 11.6 Å². The Bertz CT molecular complexity index is 404. The molecule has 0 amide bonds. The molecular formula is C11H12ClNO4. The molecule has 1 aromatic carbocycles. The van der Waals surface area contributed by atoms with Crippen LogP contribution in [0.4, 0.5) is 0 Å². The molecule has 1 aromatic rings. The number of hydrogen-bond acceptors (Lipinski definition) is 5. The smallest absolute Gasteiger partial charge is 0.335 e. The molecule has 2 N–H and O–H groups in total. The van der Waals surface area contributed by atoms with Gasteiger partial charge in [-0.3, -0.25) is 4.79 Å². The first-order chi connectivity index (χ1) is 8.08. The minimum atomic E-state index is -1.02. The van der Waals surface area contributed by atoms with E-state index >= 15 is 0 Å². The predicted molar refractivity (Wildman–Crippen MR) is 61.7 cm³/mol. The van der Waals surface area contributed by atoms with Crippen molar-refractivity contribution in [3.05, 3.63) is 29.8 Å². The van der Waals surface area contributed by atoms with Crippen LogP contribution in [0.25, 0.3) is 0 Å². The number of hydrogen-bond donors (Lipinski definition) is 1. The lowest BCUT2D eigenvalue weighted by Crippen LogP contribution is -2.26. The highest BCUT2D eigenvalue weighted by Gasteiger charge is 2.20. The number of carbonyl (C=O) groups is 2. The lowest BCUT2D eigenvalue weighted by Gasteiger charge is -2.10. The topological polar surface area (TPSA) is 78.6 Å². The van der Waals surface area contributed by atoms with Crippen molar-refractivity contribution < 1.29 is 19.1 Å². The van der Waals surface area contributed by atoms with Gasteiger partial charge in [0.1, 0.15) is 17.7 Å². The summed E-state index contributed by atoms with van der Waals surface area (Å²) in [5, 5.41) is 0. The van der Waals surface area contributed by atoms with Gasteiger partial charge >= 0.3 is 11.9 Å². The maximum Gasteiger partial charge on any atom is 0.335 e. The molecule has 1 atom stereocenters. The molecule has 1 unspecified atom stereocenters. The summed E-state index contributed by atoms with van der Waals surface area (Å²) in [6.07, 6.45) is 0. The summed E-state index contributed by atoms with van der Waals surface area (Å²) >= 11 is 5.20. The van der Waals surface area contributed by atoms with E-state index in [4.69, 9.17) is 22.1 Å². The fourth-order valence-electron chi connectivity index (χ4n) is 1.15. The molecule has 0 heterocycles. The van der Waals surface area contributed by atoms with Crippen LogP contribution in [-0.4, -0.2) is 24.9 Å². The number of benzene rings is 1. The number of ether oxygens (including phenoxy) is 2. The van der Waals surface area contributed by atoms with Crippen molar-refractivity contribution in [3.63, 3.8) is 0 Å². The average molecular weight is 258 g/mol. The van der Waals surface area contributed by atoms with Crippen molar-refractivity contribution >= 4 is 23.5 Å². The van der Waals surface area contributed by atoms with Crippen LogP contribution in [0.5, 0.6) is 5.75 Å². The summed E-state index contributed by atoms with van der Waals surface area (Å²) in [6, 6.07) is 5.54. The lowest BCUT2D eigenvalue weighted by atomic mass is 10.1. The highest BCUT2D eigenvalue weighted by molar-refractivity contribution is 6.27. The standard InChI is InChI=1S/C11H12ClNO4/c1-16-8-4-2-7(3-5-8)10(13)11(15)17-9(14)6-12/h2-5,10H,6,13H2,1H3. The van der Waals surface area contributed by atoms with Gasteiger partial charge in [0.15, 0.2) is 0 Å². The number of alkyl halides is 1. The zero-order valence-corrected chi connectivity index (χ0v) is 9.94. The third-order valence-corrected chi connectivity index (χ3v) is 2.27. The summed E-state index contributed by atoms with van der Waals surface area (Å²) in [6.45, 7) is 0. The second-order valence-corrected chi connectivity index (χ2v) is 3.44. The number of carbonyl (C=O) groups excluding carboxylic acids is 2. The van der Waals surface area contributed by atoms with Gasteiger partial charge in [-0.15, -0.1) is 11.6 Å². The molecule has 0 aromatic heterocycles. The lowest BCUT2D eigenvalue weighted by molar-refractivity contribution is -0.158. The number of rotatable bonds is 4. The van der Waals surface area contributed by atoms with E-state index in [1.807, 2.05) is 0 Å². The molecule has 0 aliphatic carbocycles. The molecule has 0 spiro atoms. The van der Waals surface area contributed by atoms with Crippen LogP contribution in [0.2, 0.25) is 0 Å². The minimum absolute atomic E-state index is 0.388. The molecule has 6 heteroatoms. The fourth-order valence-corrected chi connectivity index (χ4v) is 1.20. The predicted octanol–water partition coefficient (Wildman–Crippen LogP) is 1.00. The maximum atomic E-state index is 11.4. The molecule has 5 nitrogen and oxygen atoms in total. The number of methoxy groups -OCH3 is 1. The van der Waals surface area contributed by atoms with Gasteiger partial charge in [-0.05, 0) is 17.7 Å². The summed E-state index contributed by atoms with van der Waals surface area (Å²) in [5.41, 5.74) is 6.15. The summed E-state index contributed by atoms with van der Waals surface area (Å²) < 4.78 is 9.37. The van der Waals surface area contributed by atoms with Crippen LogP contribution in [-0.2, 0) is 14.3 Å². The SMILES string of the molecule is COc1ccc(C(N)C(=O)OC(=O)CCl)cc1. The average Bonchev–Trinajstić information content (AvgIpc) is 2.37. The first-order valence-corrected chi connectivity index (χ1v) is 5.32. The Kier molecular flexibility index (Phi) is 4.93. The summed E-state index contributed by atoms with van der Waals surface area (Å²) in [4.78, 5) is 22.2. The zero-order chi connectivity index (χ0) is 12.8. The third kappa shape index (κ3) is 3.72. The van der Waals surface area contributed by atoms with Gasteiger partial charge in [0.05, 0.1) is 7.11 Å². The molecule has 0 radical (unpaired) electrons. The molecule has 0 saturated carbocycles. The Morgan fingerprint density at radius 3 is 2.41 bits per heavy atom. The molecule has 1 rings (SSSR count). The Morgan fingerprint density at radius 2 is 1.94 bits per heavy atom. The zero-order valence-electron chi connectivity index (χ0n) is 9.18. The molecule has 0 aliphatic rings. The van der Waals surface area contributed by atoms with Crippen molar-refractivity contribution in [3.8, 4) is 5.75 Å². The monoisotopic (exact) mass is 257 g/mol. The largest absolute Gasteiger partial charge is 0.497 e. The van der Waals surface area contributed by atoms with Gasteiger partial charge in [0.2, 0.25) is 0 Å². The highest BCUT2D eigenvalue weighted by atomic mass is 35.5. The van der Waals surface area contributed by atoms with Crippen molar-refractivity contribution in [2.75, 3.05) is 13.0 Å². The van der Waals surface area contributed by atoms with Gasteiger partial charge in [-0.1, -0.05) is 12.1 Å². The van der Waals surface area contributed by atoms with Crippen molar-refractivity contribution in [2.45, 2.75) is 6.04 Å². The van der Waals surface area contributed by atoms with Crippen LogP contribution in [0, 0.1) is 0 Å². The first-order valence-electron chi connectivity index (χ1n) is 4.78. The van der Waals surface area contributed by atoms with Crippen LogP contribution < -0.4 is 10.5 Å². The number of nitrogens with two attached hydrogens (primary N) is 1. The van der Waals surface area contributed by atoms with Crippen LogP contribution in [0.15, 0.2) is 24.3 Å². The van der Waals surface area contributed by atoms with E-state index in [1.165, 1.54) is 7.11 Å². The second-order valence-electron chi connectivity index (χ2n) is 3.18. The van der Waals surface area contributed by atoms with Gasteiger partial charge in [0, 0.05) is 0 Å². The van der Waals surface area contributed by atoms with Crippen molar-refractivity contribution in [1.82, 2.24) is 0 Å². The van der Waals surface area contributed by atoms with Gasteiger partial charge in [-0.2, -0.15) is 0 Å². The number of esters is 2. The van der Waals surface area contributed by atoms with Crippen LogP contribution in [0.3, 0.4) is 0 Å². The highest BCUT2D eigenvalue weighted by Crippen LogP contribution is 2.17. The molecule has 92 valence electrons. The van der Waals surface area contributed by atoms with Gasteiger partial charge < -0.3 is 15.2 Å². The van der Waals surface area contributed by atoms with Gasteiger partial charge in [0.25, 0.3) is 0 Å². The third-order valence-electron chi connectivity index (χ3n) is 2.05. The van der Waals surface area contributed by atoms with Crippen molar-refractivity contribution in [2.24, 2.45) is 5.73 Å². The van der Waals surface area contributed by atoms with E-state index < -0.39 is 18.0 Å². The molecular weight excluding hydrogens is 246 g/mol. The summed E-state index contributed by atoms with van der Waals surface area (Å²) in [5.74, 6) is -1.39. The van der Waals surface area contributed by atoms with E-state index in [-0.39, 0.29) is 5.88 Å². The second kappa shape index (κ2) is 6.22. The summed E-state index contributed by atoms with van der Waals surface area (Å²) in [7, 11) is 1.53. The van der Waals surface area contributed by atoms with Gasteiger partial charge in [-0.25, -0.2) is 4.79 Å². The Hall–Kier alpha value is -1.59. The number of halogens is 1. The van der Waals surface area contributed by atoms with Crippen molar-refractivity contribution in [1.29, 1.82) is 0 Å². The quantitative estimate of drug-likeness (QED) is 0.495. The van der Waals surface area contributed by atoms with E-state index in [0.717, 1.165) is 0 Å². The maximum absolute atomic E-state index is 11.4. The molecule has 0 bridgehead atoms. The molecule has 17 heavy (non-hydrogen) atoms. The molecule has 0 saturated heterocycles. The van der Waals surface area contributed by atoms with E-state index in [1.54, 1.807) is 24.3 Å². The molecule has 0 aliphatic heterocycles.